The molecule has 0 bridgehead atoms. The van der Waals surface area contributed by atoms with Crippen molar-refractivity contribution in [1.29, 1.82) is 31.9 Å². The maximum atomic E-state index is 7.50. The SMILES string of the molecule is C#N.C#N.C#N.C#N.C#N.N=O.[Fe].[Zn+2]. The third-order valence-electron chi connectivity index (χ3n) is 0. The molecule has 9 heteroatoms. The first-order valence-electron chi connectivity index (χ1n) is 1.50. The predicted molar refractivity (Wildman–Crippen MR) is 39.4 cm³/mol. The second kappa shape index (κ2) is 356. The minimum Gasteiger partial charge on any atom is -0.202 e. The van der Waals surface area contributed by atoms with Crippen molar-refractivity contribution in [2.75, 3.05) is 0 Å². The van der Waals surface area contributed by atoms with E-state index in [9.17, 15) is 0 Å². The molecule has 0 aliphatic heterocycles. The van der Waals surface area contributed by atoms with Crippen LogP contribution in [0.25, 0.3) is 0 Å². The van der Waals surface area contributed by atoms with E-state index in [-0.39, 0.29) is 36.5 Å². The Labute approximate surface area is 106 Å². The topological polar surface area (TPSA) is 160 Å². The van der Waals surface area contributed by atoms with E-state index < -0.39 is 0 Å². The van der Waals surface area contributed by atoms with Crippen LogP contribution in [0.2, 0.25) is 0 Å². The molecule has 14 heavy (non-hydrogen) atoms. The van der Waals surface area contributed by atoms with Gasteiger partial charge in [-0.05, 0) is 0 Å². The van der Waals surface area contributed by atoms with Crippen molar-refractivity contribution in [2.45, 2.75) is 0 Å². The smallest absolute Gasteiger partial charge is 0.202 e. The number of nitrogens with one attached hydrogen (secondary N) is 1. The van der Waals surface area contributed by atoms with Gasteiger partial charge in [-0.2, -0.15) is 4.91 Å². The van der Waals surface area contributed by atoms with Gasteiger partial charge >= 0.3 is 19.5 Å². The van der Waals surface area contributed by atoms with Gasteiger partial charge in [-0.1, -0.05) is 5.59 Å². The molecule has 0 rings (SSSR count). The first-order chi connectivity index (χ1) is 6.00. The van der Waals surface area contributed by atoms with Crippen molar-refractivity contribution in [3.63, 3.8) is 0 Å². The second-order valence-electron chi connectivity index (χ2n) is 0. The normalized spacial score (nSPS) is 1.00. The molecule has 0 saturated carbocycles. The van der Waals surface area contributed by atoms with Crippen molar-refractivity contribution in [2.24, 2.45) is 0 Å². The first kappa shape index (κ1) is 86.9. The van der Waals surface area contributed by atoms with Crippen molar-refractivity contribution in [1.82, 2.24) is 0 Å². The van der Waals surface area contributed by atoms with Crippen LogP contribution in [-0.2, 0) is 36.5 Å². The zero-order valence-corrected chi connectivity index (χ0v) is 11.2. The molecule has 0 aromatic carbocycles. The van der Waals surface area contributed by atoms with Gasteiger partial charge in [0.05, 0.1) is 0 Å². The molecule has 0 saturated heterocycles. The maximum absolute atomic E-state index is 7.50. The molecular formula is C5H6FeN6OZn+2. The van der Waals surface area contributed by atoms with Crippen LogP contribution in [-0.4, -0.2) is 0 Å². The summed E-state index contributed by atoms with van der Waals surface area (Å²) in [5.41, 5.74) is 4.50. The Morgan fingerprint density at radius 1 is 0.571 bits per heavy atom. The third-order valence-corrected chi connectivity index (χ3v) is 0. The molecule has 0 aromatic heterocycles. The van der Waals surface area contributed by atoms with Gasteiger partial charge in [-0.25, -0.2) is 26.3 Å². The minimum absolute atomic E-state index is 0. The summed E-state index contributed by atoms with van der Waals surface area (Å²) in [4.78, 5) is 7.50. The molecule has 0 amide bonds. The van der Waals surface area contributed by atoms with Gasteiger partial charge < -0.3 is 0 Å². The van der Waals surface area contributed by atoms with Gasteiger partial charge in [-0.15, -0.1) is 0 Å². The van der Waals surface area contributed by atoms with Crippen LogP contribution in [0.3, 0.4) is 0 Å². The summed E-state index contributed by atoms with van der Waals surface area (Å²) < 4.78 is 0. The Kier molecular flexibility index (Phi) is 2210. The molecular weight excluding hydrogens is 281 g/mol. The van der Waals surface area contributed by atoms with E-state index in [1.165, 1.54) is 0 Å². The molecule has 1 N–H and O–H groups in total. The number of hydrogen-bond acceptors (Lipinski definition) is 7. The average Bonchev–Trinajstić information content (AvgIpc) is 2.33. The summed E-state index contributed by atoms with van der Waals surface area (Å²) in [5, 5.41) is 32.5. The second-order valence-corrected chi connectivity index (χ2v) is 0. The predicted octanol–water partition coefficient (Wildman–Crippen LogP) is 1.03. The summed E-state index contributed by atoms with van der Waals surface area (Å²) in [6.07, 6.45) is 0. The first-order valence-corrected chi connectivity index (χ1v) is 1.50. The van der Waals surface area contributed by atoms with E-state index in [1.807, 2.05) is 0 Å². The summed E-state index contributed by atoms with van der Waals surface area (Å²) in [6.45, 7) is 17.5. The van der Waals surface area contributed by atoms with E-state index in [1.54, 1.807) is 0 Å². The Hall–Kier alpha value is -1.81. The molecule has 0 heterocycles. The Balaban J connectivity index is -0.00000000500. The maximum Gasteiger partial charge on any atom is 2.00 e. The van der Waals surface area contributed by atoms with Gasteiger partial charge in [0, 0.05) is 49.9 Å². The molecule has 0 atom stereocenters. The van der Waals surface area contributed by atoms with Crippen LogP contribution in [0, 0.1) is 69.7 Å². The Bertz CT molecular complexity index is 95.6. The van der Waals surface area contributed by atoms with E-state index in [0.717, 1.165) is 0 Å². The quantitative estimate of drug-likeness (QED) is 0.517. The zero-order chi connectivity index (χ0) is 12.0. The molecule has 7 nitrogen and oxygen atoms in total. The summed E-state index contributed by atoms with van der Waals surface area (Å²) >= 11 is 0. The van der Waals surface area contributed by atoms with Gasteiger partial charge in [-0.3, -0.25) is 0 Å². The van der Waals surface area contributed by atoms with Gasteiger partial charge in [0.1, 0.15) is 0 Å². The number of nitrogens with zero attached hydrogens (tertiary/aromatic N) is 5. The molecule has 0 spiro atoms. The fourth-order valence-electron chi connectivity index (χ4n) is 0. The third kappa shape index (κ3) is 264. The van der Waals surface area contributed by atoms with Crippen LogP contribution in [0.4, 0.5) is 0 Å². The monoisotopic (exact) mass is 286 g/mol. The van der Waals surface area contributed by atoms with Crippen molar-refractivity contribution in [3.8, 4) is 32.9 Å². The minimum atomic E-state index is 0. The van der Waals surface area contributed by atoms with Crippen LogP contribution in [0.5, 0.6) is 0 Å². The van der Waals surface area contributed by atoms with E-state index >= 15 is 0 Å². The molecule has 0 aliphatic rings. The molecule has 0 radical (unpaired) electrons. The van der Waals surface area contributed by atoms with E-state index in [0.29, 0.717) is 0 Å². The Morgan fingerprint density at radius 3 is 0.571 bits per heavy atom. The fraction of sp³-hybridized carbons (Fsp3) is 0. The van der Waals surface area contributed by atoms with Crippen LogP contribution < -0.4 is 0 Å². The van der Waals surface area contributed by atoms with Crippen LogP contribution >= 0.6 is 0 Å². The molecule has 0 aliphatic carbocycles. The average molecular weight is 287 g/mol. The van der Waals surface area contributed by atoms with Crippen LogP contribution in [0.15, 0.2) is 0 Å². The standard InChI is InChI=1S/5CHN.Fe.HNO.Zn/c5*1-2;;1-2;/h5*1H;;1H;/q;;;;;;;+2. The number of hydrogen-bond donors (Lipinski definition) is 1. The van der Waals surface area contributed by atoms with Crippen molar-refractivity contribution < 1.29 is 36.5 Å². The van der Waals surface area contributed by atoms with Gasteiger partial charge in [0.2, 0.25) is 0 Å². The summed E-state index contributed by atoms with van der Waals surface area (Å²) in [7, 11) is 0. The number of nitroso groups, excluding NO2 is 1. The zero-order valence-electron chi connectivity index (χ0n) is 7.09. The summed E-state index contributed by atoms with van der Waals surface area (Å²) in [5.74, 6) is 0. The largest absolute Gasteiger partial charge is 2.00 e. The number of rotatable bonds is 0. The summed E-state index contributed by atoms with van der Waals surface area (Å²) in [6, 6.07) is 0. The molecule has 70 valence electrons. The Morgan fingerprint density at radius 2 is 0.571 bits per heavy atom. The molecule has 0 aromatic rings. The fourth-order valence-corrected chi connectivity index (χ4v) is 0. The number of nitriles is 5. The van der Waals surface area contributed by atoms with E-state index in [2.05, 4.69) is 38.5 Å². The van der Waals surface area contributed by atoms with E-state index in [4.69, 9.17) is 31.2 Å². The van der Waals surface area contributed by atoms with Gasteiger partial charge in [0.15, 0.2) is 0 Å². The van der Waals surface area contributed by atoms with Gasteiger partial charge in [0.25, 0.3) is 0 Å². The van der Waals surface area contributed by atoms with Crippen molar-refractivity contribution >= 4 is 0 Å². The molecule has 0 fully saturated rings. The van der Waals surface area contributed by atoms with Crippen molar-refractivity contribution in [3.05, 3.63) is 4.91 Å². The van der Waals surface area contributed by atoms with Crippen LogP contribution in [0.1, 0.15) is 0 Å². The molecule has 0 unspecified atom stereocenters.